The Labute approximate surface area is 114 Å². The van der Waals surface area contributed by atoms with Crippen molar-refractivity contribution < 1.29 is 24.0 Å². The summed E-state index contributed by atoms with van der Waals surface area (Å²) in [5, 5.41) is 19.1. The second-order valence-corrected chi connectivity index (χ2v) is 4.73. The Kier molecular flexibility index (Phi) is 4.02. The van der Waals surface area contributed by atoms with E-state index in [1.54, 1.807) is 0 Å². The summed E-state index contributed by atoms with van der Waals surface area (Å²) >= 11 is 0. The van der Waals surface area contributed by atoms with Gasteiger partial charge in [-0.3, -0.25) is 19.7 Å². The molecule has 1 aliphatic heterocycles. The zero-order valence-electron chi connectivity index (χ0n) is 10.7. The topological polar surface area (TPSA) is 114 Å². The highest BCUT2D eigenvalue weighted by Crippen LogP contribution is 2.24. The maximum atomic E-state index is 12.1. The first-order valence-electron chi connectivity index (χ1n) is 6.22. The Morgan fingerprint density at radius 2 is 2.25 bits per heavy atom. The fraction of sp³-hybridized carbons (Fsp3) is 0.500. The summed E-state index contributed by atoms with van der Waals surface area (Å²) in [6.07, 6.45) is 1.35. The van der Waals surface area contributed by atoms with E-state index in [2.05, 4.69) is 0 Å². The molecule has 1 N–H and O–H groups in total. The molecule has 8 nitrogen and oxygen atoms in total. The summed E-state index contributed by atoms with van der Waals surface area (Å²) in [5.41, 5.74) is 0. The second-order valence-electron chi connectivity index (χ2n) is 4.73. The number of carbonyl (C=O) groups excluding carboxylic acids is 1. The molecule has 1 saturated heterocycles. The van der Waals surface area contributed by atoms with Crippen molar-refractivity contribution in [2.24, 2.45) is 5.92 Å². The van der Waals surface area contributed by atoms with E-state index in [4.69, 9.17) is 9.52 Å². The van der Waals surface area contributed by atoms with Gasteiger partial charge in [0.2, 0.25) is 0 Å². The Morgan fingerprint density at radius 1 is 1.50 bits per heavy atom. The van der Waals surface area contributed by atoms with Gasteiger partial charge in [-0.2, -0.15) is 0 Å². The van der Waals surface area contributed by atoms with E-state index in [1.165, 1.54) is 11.0 Å². The molecule has 0 aromatic carbocycles. The third-order valence-corrected chi connectivity index (χ3v) is 3.32. The van der Waals surface area contributed by atoms with Gasteiger partial charge in [0.15, 0.2) is 5.76 Å². The molecule has 1 aromatic heterocycles. The van der Waals surface area contributed by atoms with Crippen LogP contribution in [0.25, 0.3) is 0 Å². The number of nitro groups is 1. The van der Waals surface area contributed by atoms with E-state index in [0.29, 0.717) is 19.5 Å². The fourth-order valence-electron chi connectivity index (χ4n) is 2.28. The van der Waals surface area contributed by atoms with Gasteiger partial charge in [0.25, 0.3) is 5.91 Å². The van der Waals surface area contributed by atoms with Crippen molar-refractivity contribution in [1.82, 2.24) is 4.90 Å². The average Bonchev–Trinajstić information content (AvgIpc) is 3.05. The number of hydrogen-bond donors (Lipinski definition) is 1. The Hall–Kier alpha value is -2.38. The van der Waals surface area contributed by atoms with Crippen LogP contribution in [-0.2, 0) is 4.79 Å². The molecule has 20 heavy (non-hydrogen) atoms. The summed E-state index contributed by atoms with van der Waals surface area (Å²) in [4.78, 5) is 33.9. The van der Waals surface area contributed by atoms with E-state index < -0.39 is 22.7 Å². The number of amides is 1. The molecule has 108 valence electrons. The van der Waals surface area contributed by atoms with Gasteiger partial charge >= 0.3 is 11.9 Å². The SMILES string of the molecule is O=C(O)CCC1CCN(C(=O)c2ccc([N+](=O)[O-])o2)C1. The minimum atomic E-state index is -0.851. The van der Waals surface area contributed by atoms with Crippen LogP contribution >= 0.6 is 0 Å². The molecule has 2 heterocycles. The highest BCUT2D eigenvalue weighted by atomic mass is 16.6. The molecule has 0 bridgehead atoms. The van der Waals surface area contributed by atoms with Crippen LogP contribution in [0.5, 0.6) is 0 Å². The number of carboxylic acid groups (broad SMARTS) is 1. The zero-order chi connectivity index (χ0) is 14.7. The molecular weight excluding hydrogens is 268 g/mol. The molecule has 0 saturated carbocycles. The van der Waals surface area contributed by atoms with Crippen molar-refractivity contribution in [2.75, 3.05) is 13.1 Å². The predicted molar refractivity (Wildman–Crippen MR) is 66.2 cm³/mol. The highest BCUT2D eigenvalue weighted by molar-refractivity contribution is 5.91. The number of furan rings is 1. The number of likely N-dealkylation sites (tertiary alicyclic amines) is 1. The summed E-state index contributed by atoms with van der Waals surface area (Å²) in [5.74, 6) is -1.61. The maximum absolute atomic E-state index is 12.1. The Balaban J connectivity index is 1.93. The normalized spacial score (nSPS) is 18.2. The van der Waals surface area contributed by atoms with Crippen LogP contribution in [0.2, 0.25) is 0 Å². The quantitative estimate of drug-likeness (QED) is 0.646. The number of carbonyl (C=O) groups is 2. The predicted octanol–water partition coefficient (Wildman–Crippen LogP) is 1.51. The fourth-order valence-corrected chi connectivity index (χ4v) is 2.28. The molecule has 1 fully saturated rings. The second kappa shape index (κ2) is 5.72. The van der Waals surface area contributed by atoms with Crippen molar-refractivity contribution in [3.63, 3.8) is 0 Å². The lowest BCUT2D eigenvalue weighted by atomic mass is 10.0. The summed E-state index contributed by atoms with van der Waals surface area (Å²) in [6.45, 7) is 0.970. The van der Waals surface area contributed by atoms with Crippen molar-refractivity contribution >= 4 is 17.8 Å². The molecule has 0 aliphatic carbocycles. The maximum Gasteiger partial charge on any atom is 0.433 e. The van der Waals surface area contributed by atoms with Gasteiger partial charge in [0, 0.05) is 19.5 Å². The third-order valence-electron chi connectivity index (χ3n) is 3.32. The van der Waals surface area contributed by atoms with Crippen molar-refractivity contribution in [3.8, 4) is 0 Å². The molecule has 1 amide bonds. The zero-order valence-corrected chi connectivity index (χ0v) is 10.7. The molecule has 8 heteroatoms. The Morgan fingerprint density at radius 3 is 2.85 bits per heavy atom. The minimum Gasteiger partial charge on any atom is -0.481 e. The minimum absolute atomic E-state index is 0.0596. The third kappa shape index (κ3) is 3.14. The largest absolute Gasteiger partial charge is 0.481 e. The van der Waals surface area contributed by atoms with Gasteiger partial charge in [-0.05, 0) is 24.8 Å². The van der Waals surface area contributed by atoms with Gasteiger partial charge in [0.1, 0.15) is 4.92 Å². The molecule has 1 atom stereocenters. The summed E-state index contributed by atoms with van der Waals surface area (Å²) in [6, 6.07) is 2.43. The van der Waals surface area contributed by atoms with Crippen LogP contribution in [0.3, 0.4) is 0 Å². The molecule has 1 aromatic rings. The van der Waals surface area contributed by atoms with Crippen molar-refractivity contribution in [3.05, 3.63) is 28.0 Å². The lowest BCUT2D eigenvalue weighted by Gasteiger charge is -2.14. The molecule has 1 aliphatic rings. The number of aliphatic carboxylic acids is 1. The van der Waals surface area contributed by atoms with E-state index in [0.717, 1.165) is 12.5 Å². The van der Waals surface area contributed by atoms with Crippen LogP contribution in [0.1, 0.15) is 29.8 Å². The van der Waals surface area contributed by atoms with Gasteiger partial charge in [0.05, 0.1) is 6.07 Å². The molecule has 0 spiro atoms. The van der Waals surface area contributed by atoms with Gasteiger partial charge in [-0.15, -0.1) is 0 Å². The van der Waals surface area contributed by atoms with Crippen LogP contribution in [-0.4, -0.2) is 39.9 Å². The number of nitrogens with zero attached hydrogens (tertiary/aromatic N) is 2. The molecular formula is C12H14N2O6. The van der Waals surface area contributed by atoms with Crippen LogP contribution < -0.4 is 0 Å². The van der Waals surface area contributed by atoms with Crippen LogP contribution in [0.4, 0.5) is 5.88 Å². The molecule has 0 radical (unpaired) electrons. The number of rotatable bonds is 5. The average molecular weight is 282 g/mol. The van der Waals surface area contributed by atoms with Crippen LogP contribution in [0.15, 0.2) is 16.5 Å². The van der Waals surface area contributed by atoms with Crippen LogP contribution in [0, 0.1) is 16.0 Å². The van der Waals surface area contributed by atoms with Crippen molar-refractivity contribution in [1.29, 1.82) is 0 Å². The highest BCUT2D eigenvalue weighted by Gasteiger charge is 2.29. The Bertz CT molecular complexity index is 538. The summed E-state index contributed by atoms with van der Waals surface area (Å²) < 4.78 is 4.87. The van der Waals surface area contributed by atoms with E-state index in [-0.39, 0.29) is 18.1 Å². The van der Waals surface area contributed by atoms with Gasteiger partial charge in [-0.1, -0.05) is 0 Å². The standard InChI is InChI=1S/C12H14N2O6/c15-11(16)4-1-8-5-6-13(7-8)12(17)9-2-3-10(20-9)14(18)19/h2-3,8H,1,4-7H2,(H,15,16). The van der Waals surface area contributed by atoms with Gasteiger partial charge in [-0.25, -0.2) is 0 Å². The van der Waals surface area contributed by atoms with E-state index >= 15 is 0 Å². The van der Waals surface area contributed by atoms with E-state index in [1.807, 2.05) is 0 Å². The molecule has 2 rings (SSSR count). The molecule has 1 unspecified atom stereocenters. The lowest BCUT2D eigenvalue weighted by Crippen LogP contribution is -2.28. The number of hydrogen-bond acceptors (Lipinski definition) is 5. The first kappa shape index (κ1) is 14.0. The first-order valence-corrected chi connectivity index (χ1v) is 6.22. The van der Waals surface area contributed by atoms with Crippen molar-refractivity contribution in [2.45, 2.75) is 19.3 Å². The summed E-state index contributed by atoms with van der Waals surface area (Å²) in [7, 11) is 0. The monoisotopic (exact) mass is 282 g/mol. The van der Waals surface area contributed by atoms with E-state index in [9.17, 15) is 19.7 Å². The lowest BCUT2D eigenvalue weighted by molar-refractivity contribution is -0.402. The van der Waals surface area contributed by atoms with Gasteiger partial charge < -0.3 is 14.4 Å². The first-order chi connectivity index (χ1) is 9.47. The number of carboxylic acids is 1. The smallest absolute Gasteiger partial charge is 0.433 e.